The predicted octanol–water partition coefficient (Wildman–Crippen LogP) is 3.64. The fraction of sp³-hybridized carbons (Fsp3) is 0.105. The molecule has 2 aromatic heterocycles. The van der Waals surface area contributed by atoms with E-state index >= 15 is 0 Å². The molecule has 0 bridgehead atoms. The third-order valence-electron chi connectivity index (χ3n) is 4.02. The molecule has 0 saturated carbocycles. The number of aromatic nitrogens is 1. The topological polar surface area (TPSA) is 96.8 Å². The van der Waals surface area contributed by atoms with Crippen molar-refractivity contribution in [3.63, 3.8) is 0 Å². The molecule has 0 unspecified atom stereocenters. The third-order valence-corrected chi connectivity index (χ3v) is 4.02. The van der Waals surface area contributed by atoms with E-state index in [0.717, 1.165) is 5.39 Å². The molecule has 0 aliphatic heterocycles. The summed E-state index contributed by atoms with van der Waals surface area (Å²) in [5.74, 6) is -0.480. The summed E-state index contributed by atoms with van der Waals surface area (Å²) < 4.78 is 11.4. The average molecular weight is 350 g/mol. The molecule has 0 radical (unpaired) electrons. The molecule has 2 aromatic carbocycles. The molecule has 0 fully saturated rings. The van der Waals surface area contributed by atoms with E-state index in [0.29, 0.717) is 28.0 Å². The number of furan rings is 1. The van der Waals surface area contributed by atoms with Crippen LogP contribution in [0.3, 0.4) is 0 Å². The van der Waals surface area contributed by atoms with Gasteiger partial charge in [-0.2, -0.15) is 0 Å². The summed E-state index contributed by atoms with van der Waals surface area (Å²) in [5, 5.41) is 9.81. The van der Waals surface area contributed by atoms with Crippen LogP contribution in [0.1, 0.15) is 20.7 Å². The number of rotatable bonds is 3. The fourth-order valence-electron chi connectivity index (χ4n) is 2.70. The van der Waals surface area contributed by atoms with Gasteiger partial charge in [-0.3, -0.25) is 4.79 Å². The maximum atomic E-state index is 12.1. The Morgan fingerprint density at radius 1 is 0.962 bits per heavy atom. The van der Waals surface area contributed by atoms with Crippen LogP contribution in [0.15, 0.2) is 51.3 Å². The first kappa shape index (κ1) is 15.9. The number of amides is 1. The molecule has 7 heteroatoms. The van der Waals surface area contributed by atoms with Crippen molar-refractivity contribution in [2.75, 3.05) is 14.1 Å². The maximum absolute atomic E-state index is 12.1. The minimum absolute atomic E-state index is 0.0993. The summed E-state index contributed by atoms with van der Waals surface area (Å²) in [6.07, 6.45) is 0. The van der Waals surface area contributed by atoms with Crippen LogP contribution in [0.4, 0.5) is 0 Å². The van der Waals surface area contributed by atoms with E-state index in [-0.39, 0.29) is 17.4 Å². The summed E-state index contributed by atoms with van der Waals surface area (Å²) >= 11 is 0. The van der Waals surface area contributed by atoms with Gasteiger partial charge in [-0.25, -0.2) is 9.78 Å². The van der Waals surface area contributed by atoms with Gasteiger partial charge in [0.05, 0.1) is 5.56 Å². The number of carboxylic acids is 1. The Kier molecular flexibility index (Phi) is 3.50. The summed E-state index contributed by atoms with van der Waals surface area (Å²) in [7, 11) is 3.38. The molecule has 1 amide bonds. The van der Waals surface area contributed by atoms with Gasteiger partial charge in [0, 0.05) is 25.0 Å². The molecule has 7 nitrogen and oxygen atoms in total. The van der Waals surface area contributed by atoms with Crippen molar-refractivity contribution in [2.24, 2.45) is 0 Å². The zero-order valence-electron chi connectivity index (χ0n) is 14.0. The van der Waals surface area contributed by atoms with E-state index in [1.165, 1.54) is 17.0 Å². The highest BCUT2D eigenvalue weighted by atomic mass is 16.4. The Morgan fingerprint density at radius 2 is 1.73 bits per heavy atom. The Labute approximate surface area is 147 Å². The number of oxazole rings is 1. The van der Waals surface area contributed by atoms with Gasteiger partial charge < -0.3 is 18.8 Å². The number of carboxylic acid groups (broad SMARTS) is 1. The van der Waals surface area contributed by atoms with Crippen molar-refractivity contribution >= 4 is 33.9 Å². The minimum atomic E-state index is -1.04. The fourth-order valence-corrected chi connectivity index (χ4v) is 2.70. The summed E-state index contributed by atoms with van der Waals surface area (Å²) in [4.78, 5) is 29.0. The van der Waals surface area contributed by atoms with Gasteiger partial charge in [0.15, 0.2) is 11.3 Å². The average Bonchev–Trinajstić information content (AvgIpc) is 3.22. The van der Waals surface area contributed by atoms with Gasteiger partial charge in [-0.1, -0.05) is 0 Å². The zero-order valence-corrected chi connectivity index (χ0v) is 14.0. The Bertz CT molecular complexity index is 1170. The SMILES string of the molecule is CN(C)C(=O)c1ccc2oc(-c3nc4ccc(C(=O)O)cc4o3)cc2c1. The second-order valence-electron chi connectivity index (χ2n) is 6.07. The van der Waals surface area contributed by atoms with Crippen LogP contribution < -0.4 is 0 Å². The second kappa shape index (κ2) is 5.73. The molecule has 0 spiro atoms. The molecule has 4 rings (SSSR count). The van der Waals surface area contributed by atoms with Gasteiger partial charge in [0.25, 0.3) is 11.8 Å². The standard InChI is InChI=1S/C19H14N2O5/c1-21(2)18(22)10-4-6-14-12(7-10)9-16(25-14)17-20-13-5-3-11(19(23)24)8-15(13)26-17/h3-9H,1-2H3,(H,23,24). The number of nitrogens with zero attached hydrogens (tertiary/aromatic N) is 2. The molecular weight excluding hydrogens is 336 g/mol. The molecule has 1 N–H and O–H groups in total. The van der Waals surface area contributed by atoms with Crippen molar-refractivity contribution in [3.8, 4) is 11.7 Å². The quantitative estimate of drug-likeness (QED) is 0.606. The molecule has 2 heterocycles. The zero-order chi connectivity index (χ0) is 18.4. The molecule has 4 aromatic rings. The maximum Gasteiger partial charge on any atom is 0.335 e. The van der Waals surface area contributed by atoms with Gasteiger partial charge in [0.1, 0.15) is 11.1 Å². The first-order chi connectivity index (χ1) is 12.4. The molecule has 130 valence electrons. The molecule has 0 atom stereocenters. The first-order valence-electron chi connectivity index (χ1n) is 7.82. The second-order valence-corrected chi connectivity index (χ2v) is 6.07. The lowest BCUT2D eigenvalue weighted by molar-refractivity contribution is 0.0696. The van der Waals surface area contributed by atoms with E-state index in [4.69, 9.17) is 13.9 Å². The minimum Gasteiger partial charge on any atom is -0.478 e. The van der Waals surface area contributed by atoms with Crippen LogP contribution in [-0.2, 0) is 0 Å². The Morgan fingerprint density at radius 3 is 2.46 bits per heavy atom. The van der Waals surface area contributed by atoms with Gasteiger partial charge in [0.2, 0.25) is 0 Å². The van der Waals surface area contributed by atoms with E-state index < -0.39 is 5.97 Å². The third kappa shape index (κ3) is 2.59. The van der Waals surface area contributed by atoms with Crippen molar-refractivity contribution in [1.29, 1.82) is 0 Å². The van der Waals surface area contributed by atoms with Gasteiger partial charge in [-0.15, -0.1) is 0 Å². The summed E-state index contributed by atoms with van der Waals surface area (Å²) in [5.41, 5.74) is 2.18. The normalized spacial score (nSPS) is 11.2. The van der Waals surface area contributed by atoms with E-state index in [1.807, 2.05) is 0 Å². The van der Waals surface area contributed by atoms with E-state index in [9.17, 15) is 9.59 Å². The number of hydrogen-bond donors (Lipinski definition) is 1. The van der Waals surface area contributed by atoms with Gasteiger partial charge in [-0.05, 0) is 42.5 Å². The van der Waals surface area contributed by atoms with Crippen LogP contribution in [0.2, 0.25) is 0 Å². The van der Waals surface area contributed by atoms with Crippen LogP contribution in [0.25, 0.3) is 33.7 Å². The highest BCUT2D eigenvalue weighted by Gasteiger charge is 2.16. The van der Waals surface area contributed by atoms with Crippen molar-refractivity contribution in [1.82, 2.24) is 9.88 Å². The highest BCUT2D eigenvalue weighted by molar-refractivity contribution is 5.98. The highest BCUT2D eigenvalue weighted by Crippen LogP contribution is 2.30. The summed E-state index contributed by atoms with van der Waals surface area (Å²) in [6.45, 7) is 0. The van der Waals surface area contributed by atoms with Crippen LogP contribution in [0, 0.1) is 0 Å². The number of carbonyl (C=O) groups excluding carboxylic acids is 1. The lowest BCUT2D eigenvalue weighted by Gasteiger charge is -2.09. The predicted molar refractivity (Wildman–Crippen MR) is 94.2 cm³/mol. The van der Waals surface area contributed by atoms with Crippen LogP contribution in [0.5, 0.6) is 0 Å². The molecule has 0 aliphatic rings. The molecule has 0 saturated heterocycles. The smallest absolute Gasteiger partial charge is 0.335 e. The lowest BCUT2D eigenvalue weighted by Crippen LogP contribution is -2.21. The number of carbonyl (C=O) groups is 2. The van der Waals surface area contributed by atoms with Gasteiger partial charge >= 0.3 is 5.97 Å². The monoisotopic (exact) mass is 350 g/mol. The van der Waals surface area contributed by atoms with Crippen LogP contribution in [-0.4, -0.2) is 41.0 Å². The van der Waals surface area contributed by atoms with Crippen molar-refractivity contribution in [3.05, 3.63) is 53.6 Å². The van der Waals surface area contributed by atoms with E-state index in [2.05, 4.69) is 4.98 Å². The van der Waals surface area contributed by atoms with Crippen LogP contribution >= 0.6 is 0 Å². The number of hydrogen-bond acceptors (Lipinski definition) is 5. The number of fused-ring (bicyclic) bond motifs is 2. The molecular formula is C19H14N2O5. The van der Waals surface area contributed by atoms with Crippen molar-refractivity contribution in [2.45, 2.75) is 0 Å². The summed E-state index contributed by atoms with van der Waals surface area (Å²) in [6, 6.07) is 11.4. The largest absolute Gasteiger partial charge is 0.478 e. The van der Waals surface area contributed by atoms with Crippen molar-refractivity contribution < 1.29 is 23.5 Å². The Hall–Kier alpha value is -3.61. The Balaban J connectivity index is 1.77. The molecule has 0 aliphatic carbocycles. The number of benzene rings is 2. The van der Waals surface area contributed by atoms with E-state index in [1.54, 1.807) is 44.4 Å². The lowest BCUT2D eigenvalue weighted by atomic mass is 10.1. The molecule has 26 heavy (non-hydrogen) atoms. The first-order valence-corrected chi connectivity index (χ1v) is 7.82. The number of aromatic carboxylic acids is 1.